The van der Waals surface area contributed by atoms with Gasteiger partial charge >= 0.3 is 0 Å². The fraction of sp³-hybridized carbons (Fsp3) is 0.833. The van der Waals surface area contributed by atoms with Crippen LogP contribution in [-0.4, -0.2) is 46.3 Å². The summed E-state index contributed by atoms with van der Waals surface area (Å²) in [6, 6.07) is 0. The molecule has 3 N–H and O–H groups in total. The Kier molecular flexibility index (Phi) is 2.25. The molecule has 4 nitrogen and oxygen atoms in total. The summed E-state index contributed by atoms with van der Waals surface area (Å²) < 4.78 is 4.76. The van der Waals surface area contributed by atoms with Crippen LogP contribution in [0, 0.1) is 6.92 Å². The van der Waals surface area contributed by atoms with Gasteiger partial charge in [0.05, 0.1) is 12.7 Å². The largest absolute Gasteiger partial charge is 0.394 e. The van der Waals surface area contributed by atoms with E-state index in [1.165, 1.54) is 0 Å². The summed E-state index contributed by atoms with van der Waals surface area (Å²) in [5.74, 6) is 0. The molecule has 0 aromatic carbocycles. The highest BCUT2D eigenvalue weighted by Crippen LogP contribution is 2.19. The normalized spacial score (nSPS) is 48.0. The van der Waals surface area contributed by atoms with E-state index in [-0.39, 0.29) is 6.61 Å². The molecule has 0 bridgehead atoms. The van der Waals surface area contributed by atoms with Gasteiger partial charge in [-0.25, -0.2) is 0 Å². The van der Waals surface area contributed by atoms with Crippen LogP contribution in [0.15, 0.2) is 0 Å². The molecule has 10 heavy (non-hydrogen) atoms. The van der Waals surface area contributed by atoms with Crippen LogP contribution in [0.2, 0.25) is 0 Å². The zero-order valence-electron chi connectivity index (χ0n) is 5.34. The van der Waals surface area contributed by atoms with E-state index in [2.05, 4.69) is 0 Å². The van der Waals surface area contributed by atoms with Crippen LogP contribution in [0.25, 0.3) is 0 Å². The molecule has 0 amide bonds. The maximum absolute atomic E-state index is 9.01. The zero-order chi connectivity index (χ0) is 7.72. The van der Waals surface area contributed by atoms with Crippen LogP contribution in [0.1, 0.15) is 0 Å². The van der Waals surface area contributed by atoms with Gasteiger partial charge in [0.2, 0.25) is 0 Å². The van der Waals surface area contributed by atoms with Gasteiger partial charge in [-0.2, -0.15) is 0 Å². The Morgan fingerprint density at radius 2 is 1.90 bits per heavy atom. The van der Waals surface area contributed by atoms with Crippen molar-refractivity contribution in [1.82, 2.24) is 0 Å². The average Bonchev–Trinajstić information content (AvgIpc) is 2.17. The highest BCUT2D eigenvalue weighted by Gasteiger charge is 2.39. The first-order valence-electron chi connectivity index (χ1n) is 3.05. The first kappa shape index (κ1) is 7.94. The number of hydrogen-bond acceptors (Lipinski definition) is 4. The minimum Gasteiger partial charge on any atom is -0.394 e. The van der Waals surface area contributed by atoms with Crippen LogP contribution < -0.4 is 0 Å². The Morgan fingerprint density at radius 1 is 1.30 bits per heavy atom. The topological polar surface area (TPSA) is 69.9 Å². The highest BCUT2D eigenvalue weighted by atomic mass is 16.5. The fourth-order valence-electron chi connectivity index (χ4n) is 0.928. The van der Waals surface area contributed by atoms with E-state index >= 15 is 0 Å². The molecule has 1 heterocycles. The predicted octanol–water partition coefficient (Wildman–Crippen LogP) is -1.82. The first-order valence-corrected chi connectivity index (χ1v) is 3.05. The Labute approximate surface area is 59.1 Å². The second-order valence-corrected chi connectivity index (χ2v) is 2.30. The summed E-state index contributed by atoms with van der Waals surface area (Å²) in [4.78, 5) is 0. The maximum Gasteiger partial charge on any atom is 0.111 e. The minimum absolute atomic E-state index is 0.327. The monoisotopic (exact) mass is 146 g/mol. The molecule has 4 atom stereocenters. The number of ether oxygens (including phenoxy) is 1. The first-order chi connectivity index (χ1) is 4.66. The second kappa shape index (κ2) is 2.84. The number of aliphatic hydroxyl groups is 3. The van der Waals surface area contributed by atoms with Crippen molar-refractivity contribution in [2.45, 2.75) is 24.4 Å². The van der Waals surface area contributed by atoms with Gasteiger partial charge in [-0.15, -0.1) is 0 Å². The van der Waals surface area contributed by atoms with Gasteiger partial charge in [-0.1, -0.05) is 0 Å². The van der Waals surface area contributed by atoms with Gasteiger partial charge in [-0.3, -0.25) is 0 Å². The highest BCUT2D eigenvalue weighted by molar-refractivity contribution is 4.91. The lowest BCUT2D eigenvalue weighted by atomic mass is 10.1. The third-order valence-electron chi connectivity index (χ3n) is 1.58. The Hall–Kier alpha value is -0.160. The van der Waals surface area contributed by atoms with Gasteiger partial charge < -0.3 is 20.1 Å². The predicted molar refractivity (Wildman–Crippen MR) is 32.1 cm³/mol. The quantitative estimate of drug-likeness (QED) is 0.407. The van der Waals surface area contributed by atoms with Crippen LogP contribution >= 0.6 is 0 Å². The number of rotatable bonds is 1. The molecule has 1 rings (SSSR count). The molecule has 0 aromatic rings. The molecule has 0 spiro atoms. The van der Waals surface area contributed by atoms with Crippen LogP contribution in [0.5, 0.6) is 0 Å². The molecule has 0 aliphatic carbocycles. The van der Waals surface area contributed by atoms with Gasteiger partial charge in [-0.05, 0) is 6.92 Å². The molecule has 58 valence electrons. The lowest BCUT2D eigenvalue weighted by molar-refractivity contribution is -0.0126. The van der Waals surface area contributed by atoms with Crippen LogP contribution in [0.4, 0.5) is 0 Å². The van der Waals surface area contributed by atoms with Crippen LogP contribution in [0.3, 0.4) is 0 Å². The van der Waals surface area contributed by atoms with Crippen molar-refractivity contribution in [2.75, 3.05) is 6.61 Å². The number of hydrogen-bond donors (Lipinski definition) is 3. The van der Waals surface area contributed by atoms with E-state index in [9.17, 15) is 0 Å². The minimum atomic E-state index is -1.09. The fourth-order valence-corrected chi connectivity index (χ4v) is 0.928. The second-order valence-electron chi connectivity index (χ2n) is 2.30. The van der Waals surface area contributed by atoms with Crippen molar-refractivity contribution in [1.29, 1.82) is 0 Å². The lowest BCUT2D eigenvalue weighted by Crippen LogP contribution is -2.33. The Bertz CT molecular complexity index is 116. The summed E-state index contributed by atoms with van der Waals surface area (Å²) in [6.07, 6.45) is -3.78. The van der Waals surface area contributed by atoms with Gasteiger partial charge in [0.15, 0.2) is 0 Å². The molecule has 0 aromatic heterocycles. The Balaban J connectivity index is 2.53. The number of aliphatic hydroxyl groups excluding tert-OH is 3. The summed E-state index contributed by atoms with van der Waals surface area (Å²) in [6.45, 7) is 4.86. The molecule has 0 saturated carbocycles. The van der Waals surface area contributed by atoms with E-state index in [0.29, 0.717) is 0 Å². The molecule has 1 unspecified atom stereocenters. The molecular weight excluding hydrogens is 136 g/mol. The summed E-state index contributed by atoms with van der Waals surface area (Å²) in [5, 5.41) is 26.5. The summed E-state index contributed by atoms with van der Waals surface area (Å²) in [5.41, 5.74) is 0. The van der Waals surface area contributed by atoms with E-state index < -0.39 is 24.4 Å². The Morgan fingerprint density at radius 3 is 2.10 bits per heavy atom. The molecule has 1 aliphatic rings. The molecule has 1 fully saturated rings. The van der Waals surface area contributed by atoms with Crippen molar-refractivity contribution in [2.24, 2.45) is 0 Å². The molecular formula is C6H10O4. The van der Waals surface area contributed by atoms with E-state index in [0.717, 1.165) is 0 Å². The van der Waals surface area contributed by atoms with E-state index in [4.69, 9.17) is 27.0 Å². The molecule has 1 saturated heterocycles. The smallest absolute Gasteiger partial charge is 0.111 e. The van der Waals surface area contributed by atoms with Gasteiger partial charge in [0, 0.05) is 0 Å². The third-order valence-corrected chi connectivity index (χ3v) is 1.58. The SMILES string of the molecule is [CH][C@@H]1O[C@H](CO)[C@H](O)C1O. The summed E-state index contributed by atoms with van der Waals surface area (Å²) >= 11 is 0. The third kappa shape index (κ3) is 1.15. The average molecular weight is 146 g/mol. The zero-order valence-corrected chi connectivity index (χ0v) is 5.34. The summed E-state index contributed by atoms with van der Waals surface area (Å²) in [7, 11) is 0. The van der Waals surface area contributed by atoms with E-state index in [1.807, 2.05) is 0 Å². The van der Waals surface area contributed by atoms with Crippen molar-refractivity contribution in [3.63, 3.8) is 0 Å². The van der Waals surface area contributed by atoms with E-state index in [1.54, 1.807) is 0 Å². The van der Waals surface area contributed by atoms with Crippen molar-refractivity contribution < 1.29 is 20.1 Å². The molecule has 2 radical (unpaired) electrons. The van der Waals surface area contributed by atoms with Crippen molar-refractivity contribution in [3.05, 3.63) is 6.92 Å². The lowest BCUT2D eigenvalue weighted by Gasteiger charge is -2.10. The van der Waals surface area contributed by atoms with Gasteiger partial charge in [0.1, 0.15) is 18.3 Å². The van der Waals surface area contributed by atoms with Crippen LogP contribution in [-0.2, 0) is 4.74 Å². The molecule has 1 aliphatic heterocycles. The van der Waals surface area contributed by atoms with Crippen molar-refractivity contribution >= 4 is 0 Å². The molecule has 4 heteroatoms. The standard InChI is InChI=1S/C6H10O4/c1-3-5(8)6(9)4(2-7)10-3/h1,3-9H,2H2/t3-,4+,5?,6-/m0/s1. The maximum atomic E-state index is 9.01. The van der Waals surface area contributed by atoms with Gasteiger partial charge in [0.25, 0.3) is 0 Å². The van der Waals surface area contributed by atoms with Crippen molar-refractivity contribution in [3.8, 4) is 0 Å².